The van der Waals surface area contributed by atoms with Gasteiger partial charge in [0.1, 0.15) is 11.4 Å². The Bertz CT molecular complexity index is 2800. The van der Waals surface area contributed by atoms with Crippen molar-refractivity contribution in [1.82, 2.24) is 59.9 Å². The van der Waals surface area contributed by atoms with Crippen LogP contribution in [0.4, 0.5) is 23.3 Å². The minimum absolute atomic E-state index is 0.567. The fourth-order valence-corrected chi connectivity index (χ4v) is 8.46. The molecule has 0 amide bonds. The van der Waals surface area contributed by atoms with E-state index in [0.717, 1.165) is 128 Å². The highest BCUT2D eigenvalue weighted by Gasteiger charge is 2.18. The molecule has 0 atom stereocenters. The zero-order valence-electron chi connectivity index (χ0n) is 39.0. The molecule has 2 aliphatic rings. The van der Waals surface area contributed by atoms with Gasteiger partial charge < -0.3 is 20.4 Å². The average Bonchev–Trinajstić information content (AvgIpc) is 4.06. The molecule has 14 nitrogen and oxygen atoms in total. The van der Waals surface area contributed by atoms with E-state index in [1.165, 1.54) is 22.3 Å². The molecule has 10 rings (SSSR count). The van der Waals surface area contributed by atoms with Crippen LogP contribution in [0.5, 0.6) is 0 Å². The van der Waals surface area contributed by atoms with Crippen molar-refractivity contribution in [2.24, 2.45) is 0 Å². The molecule has 14 heteroatoms. The molecule has 67 heavy (non-hydrogen) atoms. The number of benzene rings is 4. The Morgan fingerprint density at radius 3 is 1.55 bits per heavy atom. The number of aromatic amines is 2. The first kappa shape index (κ1) is 45.1. The number of nitrogens with zero attached hydrogens (tertiary/aromatic N) is 10. The normalized spacial score (nSPS) is 14.9. The van der Waals surface area contributed by atoms with Crippen molar-refractivity contribution in [3.63, 3.8) is 0 Å². The number of hydrogen-bond donors (Lipinski definition) is 4. The van der Waals surface area contributed by atoms with Crippen molar-refractivity contribution in [2.75, 3.05) is 76.6 Å². The molecule has 2 fully saturated rings. The largest absolute Gasteiger partial charge is 0.324 e. The Kier molecular flexibility index (Phi) is 14.4. The van der Waals surface area contributed by atoms with Crippen LogP contribution < -0.4 is 10.6 Å². The van der Waals surface area contributed by atoms with E-state index in [9.17, 15) is 0 Å². The maximum absolute atomic E-state index is 4.77. The van der Waals surface area contributed by atoms with Crippen LogP contribution in [0.3, 0.4) is 0 Å². The van der Waals surface area contributed by atoms with E-state index in [1.54, 1.807) is 12.4 Å². The molecule has 0 unspecified atom stereocenters. The Labute approximate surface area is 393 Å². The first-order valence-corrected chi connectivity index (χ1v) is 23.3. The molecule has 0 saturated carbocycles. The number of nitrogens with one attached hydrogen (secondary N) is 4. The van der Waals surface area contributed by atoms with Crippen LogP contribution in [0, 0.1) is 13.8 Å². The number of H-pyrrole nitrogens is 2. The highest BCUT2D eigenvalue weighted by Crippen LogP contribution is 2.31. The van der Waals surface area contributed by atoms with Gasteiger partial charge in [-0.25, -0.2) is 19.9 Å². The first-order chi connectivity index (χ1) is 32.8. The minimum Gasteiger partial charge on any atom is -0.324 e. The second-order valence-electron chi connectivity index (χ2n) is 17.5. The average molecular weight is 893 g/mol. The number of likely N-dealkylation sites (N-methyl/N-ethyl adjacent to an activating group) is 2. The lowest BCUT2D eigenvalue weighted by Crippen LogP contribution is -2.45. The van der Waals surface area contributed by atoms with Gasteiger partial charge in [0.05, 0.1) is 11.4 Å². The summed E-state index contributed by atoms with van der Waals surface area (Å²) in [6.45, 7) is 18.5. The summed E-state index contributed by atoms with van der Waals surface area (Å²) in [6, 6.07) is 37.6. The summed E-state index contributed by atoms with van der Waals surface area (Å²) in [7, 11) is 2.18. The quantitative estimate of drug-likeness (QED) is 0.0877. The molecule has 4 N–H and O–H groups in total. The molecule has 2 saturated heterocycles. The third-order valence-corrected chi connectivity index (χ3v) is 12.5. The van der Waals surface area contributed by atoms with Crippen molar-refractivity contribution in [1.29, 1.82) is 0 Å². The Balaban J connectivity index is 0.000000168. The molecular formula is C53H60N14. The smallest absolute Gasteiger partial charge is 0.227 e. The molecule has 0 spiro atoms. The molecule has 0 radical (unpaired) electrons. The zero-order chi connectivity index (χ0) is 46.0. The molecule has 6 heterocycles. The number of anilines is 4. The second kappa shape index (κ2) is 21.5. The fraction of sp³-hybridized carbons (Fsp3) is 0.283. The van der Waals surface area contributed by atoms with Crippen LogP contribution in [0.1, 0.15) is 29.2 Å². The lowest BCUT2D eigenvalue weighted by Gasteiger charge is -2.34. The zero-order valence-corrected chi connectivity index (χ0v) is 39.0. The maximum atomic E-state index is 4.77. The van der Waals surface area contributed by atoms with Gasteiger partial charge in [-0.3, -0.25) is 20.0 Å². The molecular weight excluding hydrogens is 833 g/mol. The Hall–Kier alpha value is -7.10. The number of aryl methyl sites for hydroxylation is 2. The van der Waals surface area contributed by atoms with Gasteiger partial charge in [-0.05, 0) is 75.0 Å². The molecule has 4 aromatic carbocycles. The van der Waals surface area contributed by atoms with Crippen LogP contribution >= 0.6 is 0 Å². The van der Waals surface area contributed by atoms with E-state index in [0.29, 0.717) is 11.9 Å². The molecule has 0 aliphatic carbocycles. The first-order valence-electron chi connectivity index (χ1n) is 23.3. The summed E-state index contributed by atoms with van der Waals surface area (Å²) >= 11 is 0. The number of hydrogen-bond acceptors (Lipinski definition) is 12. The highest BCUT2D eigenvalue weighted by atomic mass is 15.3. The fourth-order valence-electron chi connectivity index (χ4n) is 8.46. The van der Waals surface area contributed by atoms with E-state index in [2.05, 4.69) is 185 Å². The molecule has 8 aromatic rings. The van der Waals surface area contributed by atoms with Crippen molar-refractivity contribution in [2.45, 2.75) is 33.9 Å². The molecule has 2 aliphatic heterocycles. The lowest BCUT2D eigenvalue weighted by molar-refractivity contribution is 0.132. The van der Waals surface area contributed by atoms with Gasteiger partial charge in [-0.2, -0.15) is 10.2 Å². The summed E-state index contributed by atoms with van der Waals surface area (Å²) in [5.41, 5.74) is 14.5. The third-order valence-electron chi connectivity index (χ3n) is 12.5. The van der Waals surface area contributed by atoms with Crippen LogP contribution in [0.25, 0.3) is 45.0 Å². The third kappa shape index (κ3) is 11.8. The standard InChI is InChI=1S/C27H31N7.C26H29N7/c1-3-33-14-16-34(17-15-33)19-21-6-10-23(11-7-21)30-27-28-13-12-25(31-27)24-18-29-32-26(24)22-8-4-20(2)5-9-22;1-19-6-8-21(9-7-19)25-23(17-28-31-25)24-10-11-27-26(30-24)29-22-5-3-4-20(16-22)18-33-14-12-32(2)13-15-33/h4-13,18H,3,14-17,19H2,1-2H3,(H,29,32)(H,28,30,31);3-11,16-17H,12-15,18H2,1-2H3,(H,28,31)(H,27,29,30). The van der Waals surface area contributed by atoms with E-state index in [4.69, 9.17) is 9.97 Å². The molecule has 4 aromatic heterocycles. The number of piperazine rings is 2. The molecule has 0 bridgehead atoms. The minimum atomic E-state index is 0.567. The summed E-state index contributed by atoms with van der Waals surface area (Å²) in [5.74, 6) is 1.14. The van der Waals surface area contributed by atoms with Crippen molar-refractivity contribution in [3.05, 3.63) is 156 Å². The maximum Gasteiger partial charge on any atom is 0.227 e. The molecule has 342 valence electrons. The second-order valence-corrected chi connectivity index (χ2v) is 17.5. The van der Waals surface area contributed by atoms with Gasteiger partial charge in [-0.15, -0.1) is 0 Å². The van der Waals surface area contributed by atoms with Gasteiger partial charge in [0.2, 0.25) is 11.9 Å². The van der Waals surface area contributed by atoms with Crippen molar-refractivity contribution >= 4 is 23.3 Å². The van der Waals surface area contributed by atoms with Crippen LogP contribution in [-0.4, -0.2) is 126 Å². The topological polar surface area (TPSA) is 146 Å². The number of aromatic nitrogens is 8. The van der Waals surface area contributed by atoms with Crippen LogP contribution in [0.2, 0.25) is 0 Å². The monoisotopic (exact) mass is 893 g/mol. The van der Waals surface area contributed by atoms with E-state index >= 15 is 0 Å². The van der Waals surface area contributed by atoms with Crippen LogP contribution in [0.15, 0.2) is 134 Å². The van der Waals surface area contributed by atoms with Gasteiger partial charge in [0.25, 0.3) is 0 Å². The Morgan fingerprint density at radius 1 is 0.522 bits per heavy atom. The van der Waals surface area contributed by atoms with Gasteiger partial charge in [0.15, 0.2) is 0 Å². The summed E-state index contributed by atoms with van der Waals surface area (Å²) < 4.78 is 0. The van der Waals surface area contributed by atoms with E-state index < -0.39 is 0 Å². The van der Waals surface area contributed by atoms with E-state index in [-0.39, 0.29) is 0 Å². The lowest BCUT2D eigenvalue weighted by atomic mass is 10.0. The van der Waals surface area contributed by atoms with Gasteiger partial charge in [0, 0.05) is 124 Å². The van der Waals surface area contributed by atoms with Crippen molar-refractivity contribution in [3.8, 4) is 45.0 Å². The highest BCUT2D eigenvalue weighted by molar-refractivity contribution is 5.80. The van der Waals surface area contributed by atoms with Gasteiger partial charge >= 0.3 is 0 Å². The predicted octanol–water partition coefficient (Wildman–Crippen LogP) is 9.06. The van der Waals surface area contributed by atoms with E-state index in [1.807, 2.05) is 24.5 Å². The summed E-state index contributed by atoms with van der Waals surface area (Å²) in [5, 5.41) is 21.6. The summed E-state index contributed by atoms with van der Waals surface area (Å²) in [4.78, 5) is 28.3. The predicted molar refractivity (Wildman–Crippen MR) is 269 cm³/mol. The van der Waals surface area contributed by atoms with Gasteiger partial charge in [-0.1, -0.05) is 90.8 Å². The van der Waals surface area contributed by atoms with Crippen molar-refractivity contribution < 1.29 is 0 Å². The summed E-state index contributed by atoms with van der Waals surface area (Å²) in [6.07, 6.45) is 7.33. The van der Waals surface area contributed by atoms with Crippen LogP contribution in [-0.2, 0) is 13.1 Å². The Morgan fingerprint density at radius 2 is 1.01 bits per heavy atom. The SMILES string of the molecule is CCN1CCN(Cc2ccc(Nc3nccc(-c4c[nH]nc4-c4ccc(C)cc4)n3)cc2)CC1.Cc1ccc(-c2n[nH]cc2-c2ccnc(Nc3cccc(CN4CCN(C)CC4)c3)n2)cc1. The number of rotatable bonds is 13.